The van der Waals surface area contributed by atoms with Gasteiger partial charge in [-0.2, -0.15) is 0 Å². The van der Waals surface area contributed by atoms with Crippen LogP contribution in [0, 0.1) is 0 Å². The molecule has 0 aliphatic carbocycles. The minimum Gasteiger partial charge on any atom is -0.265 e. The fourth-order valence-electron chi connectivity index (χ4n) is 1.56. The highest BCUT2D eigenvalue weighted by atomic mass is 17.3. The Hall–Kier alpha value is -3.14. The topological polar surface area (TPSA) is 43.2 Å². The first-order chi connectivity index (χ1) is 11.0. The molecule has 0 amide bonds. The van der Waals surface area contributed by atoms with E-state index >= 15 is 0 Å². The predicted octanol–water partition coefficient (Wildman–Crippen LogP) is 5.13. The molecule has 0 bridgehead atoms. The van der Waals surface area contributed by atoms with E-state index in [0.717, 1.165) is 5.56 Å². The molecule has 2 rings (SSSR count). The molecule has 0 spiro atoms. The second kappa shape index (κ2) is 9.72. The lowest BCUT2D eigenvalue weighted by atomic mass is 10.2. The summed E-state index contributed by atoms with van der Waals surface area (Å²) in [6.45, 7) is 0. The van der Waals surface area contributed by atoms with Gasteiger partial charge in [0.15, 0.2) is 5.75 Å². The first-order valence-electron chi connectivity index (χ1n) is 6.79. The van der Waals surface area contributed by atoms with Gasteiger partial charge in [-0.3, -0.25) is 4.89 Å². The van der Waals surface area contributed by atoms with E-state index in [4.69, 9.17) is 9.88 Å². The van der Waals surface area contributed by atoms with Crippen LogP contribution in [0.1, 0.15) is 5.56 Å². The van der Waals surface area contributed by atoms with Gasteiger partial charge >= 0.3 is 0 Å². The van der Waals surface area contributed by atoms with E-state index in [9.17, 15) is 0 Å². The van der Waals surface area contributed by atoms with Crippen molar-refractivity contribution in [2.75, 3.05) is 0 Å². The average Bonchev–Trinajstić information content (AvgIpc) is 2.55. The van der Waals surface area contributed by atoms with E-state index in [1.165, 1.54) is 6.20 Å². The number of allylic oxidation sites excluding steroid dienone is 10. The fraction of sp³-hybridized carbons (Fsp3) is 0. The van der Waals surface area contributed by atoms with Crippen LogP contribution >= 0.6 is 0 Å². The molecular formula is C18H16N2O2. The van der Waals surface area contributed by atoms with Gasteiger partial charge in [0.25, 0.3) is 0 Å². The van der Waals surface area contributed by atoms with E-state index in [2.05, 4.69) is 10.4 Å². The molecule has 0 N–H and O–H groups in total. The van der Waals surface area contributed by atoms with Gasteiger partial charge < -0.3 is 0 Å². The van der Waals surface area contributed by atoms with Crippen LogP contribution in [0.2, 0.25) is 0 Å². The minimum absolute atomic E-state index is 0.564. The Bertz CT molecular complexity index is 665. The summed E-state index contributed by atoms with van der Waals surface area (Å²) in [5, 5.41) is 7.13. The molecular weight excluding hydrogens is 276 g/mol. The SMILES string of the molecule is C1=C\C=C\C=C/C=C/C=C/c2ccccc2OO\N=N\C=C/1. The number of hydrogen-bond donors (Lipinski definition) is 0. The Kier molecular flexibility index (Phi) is 6.74. The lowest BCUT2D eigenvalue weighted by Crippen LogP contribution is -1.91. The van der Waals surface area contributed by atoms with Crippen molar-refractivity contribution in [2.24, 2.45) is 10.4 Å². The second-order valence-corrected chi connectivity index (χ2v) is 4.13. The summed E-state index contributed by atoms with van der Waals surface area (Å²) in [5.41, 5.74) is 0.880. The van der Waals surface area contributed by atoms with Crippen LogP contribution in [0.3, 0.4) is 0 Å². The van der Waals surface area contributed by atoms with E-state index in [1.54, 1.807) is 12.1 Å². The van der Waals surface area contributed by atoms with E-state index < -0.39 is 0 Å². The van der Waals surface area contributed by atoms with Gasteiger partial charge in [-0.05, 0) is 12.1 Å². The maximum atomic E-state index is 5.12. The second-order valence-electron chi connectivity index (χ2n) is 4.13. The number of hydrogen-bond acceptors (Lipinski definition) is 4. The van der Waals surface area contributed by atoms with Gasteiger partial charge in [0, 0.05) is 5.56 Å². The van der Waals surface area contributed by atoms with Crippen molar-refractivity contribution in [1.29, 1.82) is 0 Å². The van der Waals surface area contributed by atoms with Crippen molar-refractivity contribution >= 4 is 6.08 Å². The molecule has 4 heteroatoms. The number of nitrogens with zero attached hydrogens (tertiary/aromatic N) is 2. The van der Waals surface area contributed by atoms with Crippen LogP contribution in [0.15, 0.2) is 102 Å². The molecule has 1 aromatic carbocycles. The Labute approximate surface area is 129 Å². The molecule has 0 unspecified atom stereocenters. The highest BCUT2D eigenvalue weighted by Crippen LogP contribution is 2.19. The summed E-state index contributed by atoms with van der Waals surface area (Å²) in [6.07, 6.45) is 22.4. The smallest absolute Gasteiger partial charge is 0.188 e. The molecule has 0 saturated heterocycles. The number of rotatable bonds is 0. The number of benzene rings is 1. The zero-order valence-corrected chi connectivity index (χ0v) is 11.9. The third-order valence-corrected chi connectivity index (χ3v) is 2.56. The first kappa shape index (κ1) is 15.3. The van der Waals surface area contributed by atoms with Gasteiger partial charge in [-0.1, -0.05) is 79.0 Å². The number of para-hydroxylation sites is 1. The summed E-state index contributed by atoms with van der Waals surface area (Å²) >= 11 is 0. The van der Waals surface area contributed by atoms with E-state index in [0.29, 0.717) is 5.75 Å². The zero-order chi connectivity index (χ0) is 15.3. The molecule has 0 fully saturated rings. The lowest BCUT2D eigenvalue weighted by Gasteiger charge is -2.02. The van der Waals surface area contributed by atoms with Gasteiger partial charge in [-0.15, -0.1) is 10.1 Å². The third kappa shape index (κ3) is 5.88. The standard InChI is InChI=1S/C18H16N2O2/c1-2-4-6-8-12-16-19-20-22-21-18-15-11-10-14-17(18)13-9-7-5-3-1/h1-16H/b3-1-,4-2+,7-5+,8-6-,13-9+,16-12-,20-19+. The van der Waals surface area contributed by atoms with Crippen LogP contribution in [0.5, 0.6) is 5.75 Å². The minimum atomic E-state index is 0.564. The van der Waals surface area contributed by atoms with Gasteiger partial charge in [0.1, 0.15) is 0 Å². The quantitative estimate of drug-likeness (QED) is 0.622. The normalized spacial score (nSPS) is 24.9. The Balaban J connectivity index is 2.16. The molecule has 22 heavy (non-hydrogen) atoms. The molecule has 0 atom stereocenters. The van der Waals surface area contributed by atoms with Crippen molar-refractivity contribution in [3.05, 3.63) is 96.8 Å². The Morgan fingerprint density at radius 1 is 0.682 bits per heavy atom. The molecule has 0 aromatic heterocycles. The van der Waals surface area contributed by atoms with Crippen molar-refractivity contribution in [1.82, 2.24) is 0 Å². The lowest BCUT2D eigenvalue weighted by molar-refractivity contribution is -0.215. The Morgan fingerprint density at radius 2 is 1.32 bits per heavy atom. The molecule has 1 heterocycles. The van der Waals surface area contributed by atoms with Crippen molar-refractivity contribution in [3.63, 3.8) is 0 Å². The third-order valence-electron chi connectivity index (χ3n) is 2.56. The van der Waals surface area contributed by atoms with Gasteiger partial charge in [0.2, 0.25) is 0 Å². The van der Waals surface area contributed by atoms with Gasteiger partial charge in [-0.25, -0.2) is 0 Å². The molecule has 0 saturated carbocycles. The highest BCUT2D eigenvalue weighted by molar-refractivity contribution is 5.58. The zero-order valence-electron chi connectivity index (χ0n) is 11.9. The molecule has 4 nitrogen and oxygen atoms in total. The van der Waals surface area contributed by atoms with Crippen LogP contribution in [-0.4, -0.2) is 0 Å². The molecule has 1 aliphatic rings. The summed E-state index contributed by atoms with van der Waals surface area (Å²) in [4.78, 5) is 9.83. The highest BCUT2D eigenvalue weighted by Gasteiger charge is 2.00. The van der Waals surface area contributed by atoms with Crippen molar-refractivity contribution in [2.45, 2.75) is 0 Å². The predicted molar refractivity (Wildman–Crippen MR) is 87.7 cm³/mol. The molecule has 1 aromatic rings. The summed E-state index contributed by atoms with van der Waals surface area (Å²) < 4.78 is 0. The number of fused-ring (bicyclic) bond motifs is 1. The van der Waals surface area contributed by atoms with Crippen molar-refractivity contribution < 1.29 is 9.88 Å². The Morgan fingerprint density at radius 3 is 2.09 bits per heavy atom. The van der Waals surface area contributed by atoms with E-state index in [1.807, 2.05) is 79.0 Å². The maximum Gasteiger partial charge on any atom is 0.188 e. The van der Waals surface area contributed by atoms with Crippen LogP contribution < -0.4 is 4.89 Å². The maximum absolute atomic E-state index is 5.12. The molecule has 110 valence electrons. The largest absolute Gasteiger partial charge is 0.265 e. The summed E-state index contributed by atoms with van der Waals surface area (Å²) in [5.74, 6) is 0.564. The van der Waals surface area contributed by atoms with Crippen LogP contribution in [0.25, 0.3) is 6.08 Å². The summed E-state index contributed by atoms with van der Waals surface area (Å²) in [7, 11) is 0. The van der Waals surface area contributed by atoms with E-state index in [-0.39, 0.29) is 0 Å². The molecule has 1 aliphatic heterocycles. The van der Waals surface area contributed by atoms with Crippen LogP contribution in [-0.2, 0) is 4.99 Å². The average molecular weight is 292 g/mol. The fourth-order valence-corrected chi connectivity index (χ4v) is 1.56. The van der Waals surface area contributed by atoms with Crippen LogP contribution in [0.4, 0.5) is 0 Å². The first-order valence-corrected chi connectivity index (χ1v) is 6.79. The summed E-state index contributed by atoms with van der Waals surface area (Å²) in [6, 6.07) is 7.49. The van der Waals surface area contributed by atoms with Gasteiger partial charge in [0.05, 0.1) is 11.5 Å². The molecule has 0 radical (unpaired) electrons. The monoisotopic (exact) mass is 292 g/mol. The van der Waals surface area contributed by atoms with Crippen molar-refractivity contribution in [3.8, 4) is 5.75 Å².